The summed E-state index contributed by atoms with van der Waals surface area (Å²) >= 11 is 0. The van der Waals surface area contributed by atoms with Gasteiger partial charge in [-0.05, 0) is 12.0 Å². The Labute approximate surface area is 102 Å². The first-order valence-corrected chi connectivity index (χ1v) is 5.77. The van der Waals surface area contributed by atoms with E-state index in [9.17, 15) is 4.79 Å². The summed E-state index contributed by atoms with van der Waals surface area (Å²) in [5.74, 6) is 0.571. The van der Waals surface area contributed by atoms with Crippen LogP contribution in [0.1, 0.15) is 25.3 Å². The van der Waals surface area contributed by atoms with E-state index in [1.165, 1.54) is 0 Å². The Morgan fingerprint density at radius 2 is 2.24 bits per heavy atom. The summed E-state index contributed by atoms with van der Waals surface area (Å²) in [5.41, 5.74) is 0.941. The first-order chi connectivity index (χ1) is 8.26. The molecule has 1 aromatic heterocycles. The number of urea groups is 1. The molecule has 0 aliphatic rings. The second-order valence-corrected chi connectivity index (χ2v) is 3.67. The second-order valence-electron chi connectivity index (χ2n) is 3.67. The Morgan fingerprint density at radius 1 is 1.41 bits per heavy atom. The molecule has 0 spiro atoms. The zero-order valence-corrected chi connectivity index (χ0v) is 10.3. The van der Waals surface area contributed by atoms with Gasteiger partial charge in [0.1, 0.15) is 0 Å². The van der Waals surface area contributed by atoms with Gasteiger partial charge in [-0.3, -0.25) is 0 Å². The number of methoxy groups -OCH3 is 1. The molecule has 5 nitrogen and oxygen atoms in total. The van der Waals surface area contributed by atoms with Gasteiger partial charge in [0.25, 0.3) is 0 Å². The van der Waals surface area contributed by atoms with Gasteiger partial charge in [-0.2, -0.15) is 0 Å². The highest BCUT2D eigenvalue weighted by atomic mass is 16.5. The van der Waals surface area contributed by atoms with Crippen molar-refractivity contribution in [2.45, 2.75) is 26.3 Å². The van der Waals surface area contributed by atoms with Crippen LogP contribution in [0.3, 0.4) is 0 Å². The van der Waals surface area contributed by atoms with Crippen LogP contribution in [-0.2, 0) is 6.54 Å². The van der Waals surface area contributed by atoms with E-state index >= 15 is 0 Å². The molecule has 0 saturated carbocycles. The van der Waals surface area contributed by atoms with E-state index in [0.717, 1.165) is 18.4 Å². The van der Waals surface area contributed by atoms with E-state index in [1.54, 1.807) is 19.4 Å². The Hall–Kier alpha value is -1.78. The lowest BCUT2D eigenvalue weighted by Gasteiger charge is -2.07. The highest BCUT2D eigenvalue weighted by Gasteiger charge is 2.00. The third kappa shape index (κ3) is 5.19. The molecular weight excluding hydrogens is 218 g/mol. The first kappa shape index (κ1) is 13.3. The third-order valence-corrected chi connectivity index (χ3v) is 2.28. The van der Waals surface area contributed by atoms with Crippen LogP contribution in [0.25, 0.3) is 0 Å². The summed E-state index contributed by atoms with van der Waals surface area (Å²) < 4.78 is 4.95. The Balaban J connectivity index is 2.27. The van der Waals surface area contributed by atoms with Crippen LogP contribution < -0.4 is 15.4 Å². The van der Waals surface area contributed by atoms with Crippen LogP contribution in [0.4, 0.5) is 4.79 Å². The standard InChI is InChI=1S/C12H19N3O2/c1-3-4-7-13-12(16)15-9-10-5-6-11(17-2)14-8-10/h5-6,8H,3-4,7,9H2,1-2H3,(H2,13,15,16). The number of nitrogens with one attached hydrogen (secondary N) is 2. The molecule has 0 aliphatic heterocycles. The zero-order valence-electron chi connectivity index (χ0n) is 10.3. The number of ether oxygens (including phenoxy) is 1. The minimum Gasteiger partial charge on any atom is -0.481 e. The number of nitrogens with zero attached hydrogens (tertiary/aromatic N) is 1. The number of amides is 2. The van der Waals surface area contributed by atoms with Gasteiger partial charge in [-0.25, -0.2) is 9.78 Å². The number of hydrogen-bond donors (Lipinski definition) is 2. The van der Waals surface area contributed by atoms with Gasteiger partial charge in [-0.15, -0.1) is 0 Å². The van der Waals surface area contributed by atoms with Gasteiger partial charge in [0.05, 0.1) is 7.11 Å². The maximum Gasteiger partial charge on any atom is 0.315 e. The van der Waals surface area contributed by atoms with Gasteiger partial charge < -0.3 is 15.4 Å². The number of hydrogen-bond acceptors (Lipinski definition) is 3. The van der Waals surface area contributed by atoms with E-state index in [1.807, 2.05) is 6.07 Å². The molecule has 0 bridgehead atoms. The smallest absolute Gasteiger partial charge is 0.315 e. The van der Waals surface area contributed by atoms with Crippen LogP contribution in [0.5, 0.6) is 5.88 Å². The molecule has 1 heterocycles. The van der Waals surface area contributed by atoms with Crippen molar-refractivity contribution in [3.8, 4) is 5.88 Å². The summed E-state index contributed by atoms with van der Waals surface area (Å²) in [6, 6.07) is 3.50. The van der Waals surface area contributed by atoms with E-state index in [2.05, 4.69) is 22.5 Å². The fraction of sp³-hybridized carbons (Fsp3) is 0.500. The molecular formula is C12H19N3O2. The summed E-state index contributed by atoms with van der Waals surface area (Å²) in [6.45, 7) is 3.26. The predicted octanol–water partition coefficient (Wildman–Crippen LogP) is 1.69. The number of pyridine rings is 1. The topological polar surface area (TPSA) is 63.2 Å². The maximum atomic E-state index is 11.3. The molecule has 5 heteroatoms. The molecule has 17 heavy (non-hydrogen) atoms. The fourth-order valence-electron chi connectivity index (χ4n) is 1.26. The zero-order chi connectivity index (χ0) is 12.5. The van der Waals surface area contributed by atoms with Gasteiger partial charge in [-0.1, -0.05) is 19.4 Å². The maximum absolute atomic E-state index is 11.3. The molecule has 0 fully saturated rings. The quantitative estimate of drug-likeness (QED) is 0.740. The monoisotopic (exact) mass is 237 g/mol. The lowest BCUT2D eigenvalue weighted by molar-refractivity contribution is 0.240. The van der Waals surface area contributed by atoms with Gasteiger partial charge in [0.2, 0.25) is 5.88 Å². The number of rotatable bonds is 6. The molecule has 0 aliphatic carbocycles. The molecule has 1 rings (SSSR count). The molecule has 1 aromatic rings. The van der Waals surface area contributed by atoms with Crippen molar-refractivity contribution in [1.29, 1.82) is 0 Å². The number of carbonyl (C=O) groups excluding carboxylic acids is 1. The summed E-state index contributed by atoms with van der Waals surface area (Å²) in [4.78, 5) is 15.4. The van der Waals surface area contributed by atoms with E-state index in [-0.39, 0.29) is 6.03 Å². The first-order valence-electron chi connectivity index (χ1n) is 5.77. The lowest BCUT2D eigenvalue weighted by atomic mass is 10.3. The van der Waals surface area contributed by atoms with Crippen molar-refractivity contribution < 1.29 is 9.53 Å². The van der Waals surface area contributed by atoms with Gasteiger partial charge >= 0.3 is 6.03 Å². The summed E-state index contributed by atoms with van der Waals surface area (Å²) in [5, 5.41) is 5.55. The van der Waals surface area contributed by atoms with Crippen LogP contribution in [-0.4, -0.2) is 24.7 Å². The number of carbonyl (C=O) groups is 1. The van der Waals surface area contributed by atoms with Gasteiger partial charge in [0, 0.05) is 25.4 Å². The van der Waals surface area contributed by atoms with Crippen molar-refractivity contribution in [2.24, 2.45) is 0 Å². The van der Waals surface area contributed by atoms with E-state index < -0.39 is 0 Å². The minimum atomic E-state index is -0.144. The molecule has 0 saturated heterocycles. The Bertz CT molecular complexity index is 338. The minimum absolute atomic E-state index is 0.144. The fourth-order valence-corrected chi connectivity index (χ4v) is 1.26. The normalized spacial score (nSPS) is 9.76. The molecule has 0 aromatic carbocycles. The largest absolute Gasteiger partial charge is 0.481 e. The average molecular weight is 237 g/mol. The highest BCUT2D eigenvalue weighted by molar-refractivity contribution is 5.73. The van der Waals surface area contributed by atoms with Crippen LogP contribution in [0, 0.1) is 0 Å². The average Bonchev–Trinajstić information content (AvgIpc) is 2.37. The van der Waals surface area contributed by atoms with Crippen molar-refractivity contribution in [1.82, 2.24) is 15.6 Å². The Morgan fingerprint density at radius 3 is 2.82 bits per heavy atom. The molecule has 94 valence electrons. The Kier molecular flexibility index (Phi) is 5.85. The molecule has 2 amide bonds. The van der Waals surface area contributed by atoms with Crippen LogP contribution in [0.2, 0.25) is 0 Å². The molecule has 2 N–H and O–H groups in total. The third-order valence-electron chi connectivity index (χ3n) is 2.28. The van der Waals surface area contributed by atoms with Crippen molar-refractivity contribution in [3.05, 3.63) is 23.9 Å². The second kappa shape index (κ2) is 7.49. The predicted molar refractivity (Wildman–Crippen MR) is 65.9 cm³/mol. The number of unbranched alkanes of at least 4 members (excludes halogenated alkanes) is 1. The molecule has 0 unspecified atom stereocenters. The lowest BCUT2D eigenvalue weighted by Crippen LogP contribution is -2.35. The van der Waals surface area contributed by atoms with Crippen LogP contribution in [0.15, 0.2) is 18.3 Å². The molecule has 0 radical (unpaired) electrons. The SMILES string of the molecule is CCCCNC(=O)NCc1ccc(OC)nc1. The highest BCUT2D eigenvalue weighted by Crippen LogP contribution is 2.05. The van der Waals surface area contributed by atoms with E-state index in [0.29, 0.717) is 19.0 Å². The van der Waals surface area contributed by atoms with E-state index in [4.69, 9.17) is 4.74 Å². The summed E-state index contributed by atoms with van der Waals surface area (Å²) in [7, 11) is 1.57. The van der Waals surface area contributed by atoms with Crippen molar-refractivity contribution in [2.75, 3.05) is 13.7 Å². The molecule has 0 atom stereocenters. The van der Waals surface area contributed by atoms with Gasteiger partial charge in [0.15, 0.2) is 0 Å². The summed E-state index contributed by atoms with van der Waals surface area (Å²) in [6.07, 6.45) is 3.76. The number of aromatic nitrogens is 1. The van der Waals surface area contributed by atoms with Crippen LogP contribution >= 0.6 is 0 Å². The van der Waals surface area contributed by atoms with Crippen molar-refractivity contribution >= 4 is 6.03 Å². The van der Waals surface area contributed by atoms with Crippen molar-refractivity contribution in [3.63, 3.8) is 0 Å².